The Morgan fingerprint density at radius 1 is 1.10 bits per heavy atom. The molecule has 0 atom stereocenters. The smallest absolute Gasteiger partial charge is 0.251 e. The van der Waals surface area contributed by atoms with E-state index in [0.29, 0.717) is 23.8 Å². The van der Waals surface area contributed by atoms with Crippen LogP contribution in [-0.2, 0) is 11.3 Å². The summed E-state index contributed by atoms with van der Waals surface area (Å²) in [7, 11) is 3.94. The lowest BCUT2D eigenvalue weighted by Gasteiger charge is -2.12. The number of amides is 2. The van der Waals surface area contributed by atoms with Gasteiger partial charge in [0.1, 0.15) is 10.9 Å². The fourth-order valence-electron chi connectivity index (χ4n) is 3.12. The van der Waals surface area contributed by atoms with Crippen molar-refractivity contribution >= 4 is 40.2 Å². The minimum Gasteiger partial charge on any atom is -0.349 e. The number of hydrogen-bond donors (Lipinski definition) is 2. The van der Waals surface area contributed by atoms with Gasteiger partial charge in [0.25, 0.3) is 5.91 Å². The first-order chi connectivity index (χ1) is 15.0. The molecule has 1 aromatic heterocycles. The molecule has 1 fully saturated rings. The minimum atomic E-state index is -0.151. The van der Waals surface area contributed by atoms with Gasteiger partial charge < -0.3 is 15.5 Å². The molecule has 4 rings (SSSR count). The molecule has 160 valence electrons. The van der Waals surface area contributed by atoms with Crippen LogP contribution in [0.25, 0.3) is 10.9 Å². The Kier molecular flexibility index (Phi) is 6.48. The number of hydrogen-bond acceptors (Lipinski definition) is 6. The Morgan fingerprint density at radius 3 is 2.68 bits per heavy atom. The maximum Gasteiger partial charge on any atom is 0.251 e. The van der Waals surface area contributed by atoms with E-state index >= 15 is 0 Å². The van der Waals surface area contributed by atoms with Crippen LogP contribution in [0.2, 0.25) is 0 Å². The second-order valence-corrected chi connectivity index (χ2v) is 8.83. The third kappa shape index (κ3) is 5.80. The van der Waals surface area contributed by atoms with Crippen molar-refractivity contribution in [3.63, 3.8) is 0 Å². The molecule has 8 heteroatoms. The lowest BCUT2D eigenvalue weighted by atomic mass is 10.2. The molecule has 0 bridgehead atoms. The fourth-order valence-corrected chi connectivity index (χ4v) is 3.96. The van der Waals surface area contributed by atoms with Gasteiger partial charge >= 0.3 is 0 Å². The first-order valence-electron chi connectivity index (χ1n) is 10.2. The highest BCUT2D eigenvalue weighted by molar-refractivity contribution is 8.00. The number of nitrogens with zero attached hydrogens (tertiary/aromatic N) is 3. The molecule has 0 aliphatic heterocycles. The molecule has 2 amide bonds. The summed E-state index contributed by atoms with van der Waals surface area (Å²) in [5.41, 5.74) is 2.02. The molecule has 0 unspecified atom stereocenters. The van der Waals surface area contributed by atoms with E-state index in [1.165, 1.54) is 11.8 Å². The molecule has 1 aliphatic carbocycles. The highest BCUT2D eigenvalue weighted by Crippen LogP contribution is 2.26. The first-order valence-corrected chi connectivity index (χ1v) is 11.2. The maximum atomic E-state index is 12.6. The van der Waals surface area contributed by atoms with E-state index in [2.05, 4.69) is 20.6 Å². The number of nitrogens with one attached hydrogen (secondary N) is 2. The lowest BCUT2D eigenvalue weighted by molar-refractivity contribution is -0.113. The zero-order chi connectivity index (χ0) is 21.8. The summed E-state index contributed by atoms with van der Waals surface area (Å²) in [5.74, 6) is 0.678. The molecule has 31 heavy (non-hydrogen) atoms. The van der Waals surface area contributed by atoms with E-state index in [1.54, 1.807) is 24.3 Å². The summed E-state index contributed by atoms with van der Waals surface area (Å²) in [4.78, 5) is 36.1. The van der Waals surface area contributed by atoms with Crippen LogP contribution in [0.3, 0.4) is 0 Å². The zero-order valence-electron chi connectivity index (χ0n) is 17.6. The lowest BCUT2D eigenvalue weighted by Crippen LogP contribution is -2.25. The monoisotopic (exact) mass is 435 g/mol. The van der Waals surface area contributed by atoms with Crippen molar-refractivity contribution in [2.45, 2.75) is 30.5 Å². The van der Waals surface area contributed by atoms with E-state index < -0.39 is 0 Å². The van der Waals surface area contributed by atoms with Crippen LogP contribution in [0.1, 0.15) is 29.0 Å². The number of fused-ring (bicyclic) bond motifs is 1. The highest BCUT2D eigenvalue weighted by atomic mass is 32.2. The van der Waals surface area contributed by atoms with Gasteiger partial charge in [0.2, 0.25) is 5.91 Å². The largest absolute Gasteiger partial charge is 0.349 e. The average Bonchev–Trinajstić information content (AvgIpc) is 3.55. The van der Waals surface area contributed by atoms with Gasteiger partial charge in [-0.05, 0) is 51.2 Å². The molecular formula is C23H25N5O2S. The van der Waals surface area contributed by atoms with Gasteiger partial charge in [-0.15, -0.1) is 0 Å². The van der Waals surface area contributed by atoms with E-state index in [-0.39, 0.29) is 17.6 Å². The predicted octanol–water partition coefficient (Wildman–Crippen LogP) is 3.31. The summed E-state index contributed by atoms with van der Waals surface area (Å²) >= 11 is 1.38. The van der Waals surface area contributed by atoms with Crippen LogP contribution in [0.5, 0.6) is 0 Å². The van der Waals surface area contributed by atoms with Gasteiger partial charge in [0.05, 0.1) is 17.8 Å². The molecule has 1 heterocycles. The van der Waals surface area contributed by atoms with Gasteiger partial charge in [-0.3, -0.25) is 9.59 Å². The van der Waals surface area contributed by atoms with Crippen molar-refractivity contribution in [1.29, 1.82) is 0 Å². The highest BCUT2D eigenvalue weighted by Gasteiger charge is 2.23. The van der Waals surface area contributed by atoms with Crippen LogP contribution >= 0.6 is 11.8 Å². The molecule has 1 saturated carbocycles. The van der Waals surface area contributed by atoms with Crippen LogP contribution in [0.4, 0.5) is 5.69 Å². The van der Waals surface area contributed by atoms with Crippen LogP contribution in [0, 0.1) is 0 Å². The topological polar surface area (TPSA) is 87.2 Å². The summed E-state index contributed by atoms with van der Waals surface area (Å²) in [6.07, 6.45) is 2.07. The van der Waals surface area contributed by atoms with Crippen molar-refractivity contribution in [3.8, 4) is 0 Å². The number of rotatable bonds is 8. The molecule has 7 nitrogen and oxygen atoms in total. The zero-order valence-corrected chi connectivity index (χ0v) is 18.4. The number of thioether (sulfide) groups is 1. The Balaban J connectivity index is 1.43. The van der Waals surface area contributed by atoms with Crippen molar-refractivity contribution < 1.29 is 9.59 Å². The third-order valence-electron chi connectivity index (χ3n) is 4.73. The average molecular weight is 436 g/mol. The Bertz CT molecular complexity index is 1110. The number of para-hydroxylation sites is 1. The van der Waals surface area contributed by atoms with Crippen LogP contribution < -0.4 is 10.6 Å². The standard InChI is InChI=1S/C23H25N5O2S/c1-28(2)13-20-26-19-9-4-3-8-18(19)23(27-20)31-14-21(29)24-17-7-5-6-15(12-17)22(30)25-16-10-11-16/h3-9,12,16H,10-11,13-14H2,1-2H3,(H,24,29)(H,25,30). The Hall–Kier alpha value is -2.97. The van der Waals surface area contributed by atoms with Crippen molar-refractivity contribution in [2.24, 2.45) is 0 Å². The Labute approximate surface area is 185 Å². The van der Waals surface area contributed by atoms with Gasteiger partial charge in [0, 0.05) is 22.7 Å². The molecule has 2 aromatic carbocycles. The predicted molar refractivity (Wildman–Crippen MR) is 123 cm³/mol. The molecular weight excluding hydrogens is 410 g/mol. The quantitative estimate of drug-likeness (QED) is 0.417. The van der Waals surface area contributed by atoms with E-state index in [4.69, 9.17) is 0 Å². The maximum absolute atomic E-state index is 12.6. The van der Waals surface area contributed by atoms with Gasteiger partial charge in [0.15, 0.2) is 0 Å². The minimum absolute atomic E-state index is 0.103. The van der Waals surface area contributed by atoms with Crippen LogP contribution in [0.15, 0.2) is 53.6 Å². The van der Waals surface area contributed by atoms with Crippen molar-refractivity contribution in [3.05, 3.63) is 59.9 Å². The van der Waals surface area contributed by atoms with Gasteiger partial charge in [-0.2, -0.15) is 0 Å². The molecule has 0 spiro atoms. The number of benzene rings is 2. The second kappa shape index (κ2) is 9.45. The number of anilines is 1. The van der Waals surface area contributed by atoms with Crippen molar-refractivity contribution in [2.75, 3.05) is 25.2 Å². The first kappa shape index (κ1) is 21.3. The number of aromatic nitrogens is 2. The van der Waals surface area contributed by atoms with E-state index in [9.17, 15) is 9.59 Å². The molecule has 0 radical (unpaired) electrons. The summed E-state index contributed by atoms with van der Waals surface area (Å²) in [6.45, 7) is 0.625. The van der Waals surface area contributed by atoms with E-state index in [0.717, 1.165) is 34.6 Å². The second-order valence-electron chi connectivity index (χ2n) is 7.87. The SMILES string of the molecule is CN(C)Cc1nc(SCC(=O)Nc2cccc(C(=O)NC3CC3)c2)c2ccccc2n1. The number of carbonyl (C=O) groups excluding carboxylic acids is 2. The van der Waals surface area contributed by atoms with Gasteiger partial charge in [-0.1, -0.05) is 36.0 Å². The summed E-state index contributed by atoms with van der Waals surface area (Å²) in [5, 5.41) is 7.56. The fraction of sp³-hybridized carbons (Fsp3) is 0.304. The van der Waals surface area contributed by atoms with Crippen molar-refractivity contribution in [1.82, 2.24) is 20.2 Å². The third-order valence-corrected chi connectivity index (χ3v) is 5.72. The van der Waals surface area contributed by atoms with Crippen LogP contribution in [-0.4, -0.2) is 52.6 Å². The Morgan fingerprint density at radius 2 is 1.90 bits per heavy atom. The van der Waals surface area contributed by atoms with E-state index in [1.807, 2.05) is 43.3 Å². The van der Waals surface area contributed by atoms with Gasteiger partial charge in [-0.25, -0.2) is 9.97 Å². The summed E-state index contributed by atoms with van der Waals surface area (Å²) < 4.78 is 0. The summed E-state index contributed by atoms with van der Waals surface area (Å²) in [6, 6.07) is 15.1. The molecule has 2 N–H and O–H groups in total. The normalized spacial score (nSPS) is 13.4. The molecule has 0 saturated heterocycles. The molecule has 3 aromatic rings. The number of carbonyl (C=O) groups is 2. The molecule has 1 aliphatic rings.